The van der Waals surface area contributed by atoms with Crippen molar-refractivity contribution >= 4 is 23.3 Å². The van der Waals surface area contributed by atoms with Gasteiger partial charge in [-0.05, 0) is 31.9 Å². The molecule has 1 aromatic carbocycles. The molecule has 0 spiro atoms. The number of hydrogen-bond donors (Lipinski definition) is 1. The van der Waals surface area contributed by atoms with Crippen LogP contribution < -0.4 is 9.64 Å². The van der Waals surface area contributed by atoms with Crippen molar-refractivity contribution in [2.24, 2.45) is 0 Å². The fourth-order valence-corrected chi connectivity index (χ4v) is 3.10. The second-order valence-corrected chi connectivity index (χ2v) is 5.85. The molecule has 1 N–H and O–H groups in total. The van der Waals surface area contributed by atoms with Crippen molar-refractivity contribution in [1.29, 1.82) is 0 Å². The first-order chi connectivity index (χ1) is 11.7. The number of methoxy groups -OCH3 is 1. The molecule has 8 heteroatoms. The molecular weight excluding hydrogens is 332 g/mol. The summed E-state index contributed by atoms with van der Waals surface area (Å²) in [4.78, 5) is 14.3. The third-order valence-corrected chi connectivity index (χ3v) is 4.30. The highest BCUT2D eigenvalue weighted by Crippen LogP contribution is 2.40. The van der Waals surface area contributed by atoms with Crippen molar-refractivity contribution in [3.63, 3.8) is 0 Å². The number of H-pyrrole nitrogens is 1. The van der Waals surface area contributed by atoms with Crippen molar-refractivity contribution in [1.82, 2.24) is 15.4 Å². The van der Waals surface area contributed by atoms with E-state index in [1.165, 1.54) is 0 Å². The van der Waals surface area contributed by atoms with Crippen molar-refractivity contribution in [3.8, 4) is 17.0 Å². The van der Waals surface area contributed by atoms with Crippen LogP contribution in [-0.4, -0.2) is 48.2 Å². The molecule has 0 amide bonds. The number of hydrogen-bond acceptors (Lipinski definition) is 6. The molecule has 1 aliphatic rings. The number of carbonyl (C=O) groups excluding carboxylic acids is 1. The highest BCUT2D eigenvalue weighted by atomic mass is 35.5. The summed E-state index contributed by atoms with van der Waals surface area (Å²) in [6, 6.07) is 3.64. The van der Waals surface area contributed by atoms with E-state index in [2.05, 4.69) is 20.3 Å². The van der Waals surface area contributed by atoms with Crippen LogP contribution in [0, 0.1) is 0 Å². The van der Waals surface area contributed by atoms with Gasteiger partial charge in [0.25, 0.3) is 0 Å². The summed E-state index contributed by atoms with van der Waals surface area (Å²) in [7, 11) is 1.61. The van der Waals surface area contributed by atoms with Gasteiger partial charge in [-0.25, -0.2) is 4.79 Å². The number of ether oxygens (including phenoxy) is 2. The van der Waals surface area contributed by atoms with E-state index in [4.69, 9.17) is 21.1 Å². The summed E-state index contributed by atoms with van der Waals surface area (Å²) < 4.78 is 10.5. The lowest BCUT2D eigenvalue weighted by molar-refractivity contribution is 0.0520. The zero-order chi connectivity index (χ0) is 17.1. The number of aromatic nitrogens is 3. The molecule has 1 saturated heterocycles. The third-order valence-electron chi connectivity index (χ3n) is 3.99. The molecule has 0 bridgehead atoms. The minimum atomic E-state index is -0.542. The fourth-order valence-electron chi connectivity index (χ4n) is 2.85. The number of carbonyl (C=O) groups is 1. The Kier molecular flexibility index (Phi) is 4.89. The van der Waals surface area contributed by atoms with Gasteiger partial charge in [-0.1, -0.05) is 11.6 Å². The molecule has 0 atom stereocenters. The zero-order valence-corrected chi connectivity index (χ0v) is 14.4. The summed E-state index contributed by atoms with van der Waals surface area (Å²) >= 11 is 6.47. The average Bonchev–Trinajstić information content (AvgIpc) is 3.26. The Bertz CT molecular complexity index is 741. The molecule has 24 heavy (non-hydrogen) atoms. The average molecular weight is 351 g/mol. The SMILES string of the molecule is CCOC(=O)c1n[nH]nc1-c1cc(OC)c(N2CCCC2)cc1Cl. The molecule has 2 heterocycles. The summed E-state index contributed by atoms with van der Waals surface area (Å²) in [5.41, 5.74) is 1.98. The lowest BCUT2D eigenvalue weighted by Crippen LogP contribution is -2.18. The molecular formula is C16H19ClN4O3. The molecule has 0 radical (unpaired) electrons. The van der Waals surface area contributed by atoms with Gasteiger partial charge in [0.2, 0.25) is 0 Å². The number of nitrogens with zero attached hydrogens (tertiary/aromatic N) is 3. The lowest BCUT2D eigenvalue weighted by Gasteiger charge is -2.21. The zero-order valence-electron chi connectivity index (χ0n) is 13.6. The van der Waals surface area contributed by atoms with E-state index < -0.39 is 5.97 Å². The number of halogens is 1. The molecule has 3 rings (SSSR count). The van der Waals surface area contributed by atoms with Crippen molar-refractivity contribution in [2.75, 3.05) is 31.7 Å². The highest BCUT2D eigenvalue weighted by Gasteiger charge is 2.24. The summed E-state index contributed by atoms with van der Waals surface area (Å²) in [6.07, 6.45) is 2.30. The number of nitrogens with one attached hydrogen (secondary N) is 1. The second kappa shape index (κ2) is 7.09. The lowest BCUT2D eigenvalue weighted by atomic mass is 10.1. The molecule has 2 aromatic rings. The quantitative estimate of drug-likeness (QED) is 0.835. The normalized spacial score (nSPS) is 14.0. The first kappa shape index (κ1) is 16.6. The van der Waals surface area contributed by atoms with Crippen LogP contribution in [0.1, 0.15) is 30.3 Å². The smallest absolute Gasteiger partial charge is 0.361 e. The molecule has 1 aromatic heterocycles. The van der Waals surface area contributed by atoms with Crippen LogP contribution in [0.25, 0.3) is 11.3 Å². The number of benzene rings is 1. The van der Waals surface area contributed by atoms with Crippen LogP contribution in [0.15, 0.2) is 12.1 Å². The number of rotatable bonds is 5. The fraction of sp³-hybridized carbons (Fsp3) is 0.438. The van der Waals surface area contributed by atoms with E-state index in [9.17, 15) is 4.79 Å². The van der Waals surface area contributed by atoms with Gasteiger partial charge in [-0.3, -0.25) is 0 Å². The predicted molar refractivity (Wildman–Crippen MR) is 90.8 cm³/mol. The van der Waals surface area contributed by atoms with Crippen LogP contribution in [0.4, 0.5) is 5.69 Å². The second-order valence-electron chi connectivity index (χ2n) is 5.44. The van der Waals surface area contributed by atoms with E-state index in [1.807, 2.05) is 6.07 Å². The Morgan fingerprint density at radius 3 is 2.75 bits per heavy atom. The van der Waals surface area contributed by atoms with Crippen LogP contribution in [0.2, 0.25) is 5.02 Å². The van der Waals surface area contributed by atoms with Crippen molar-refractivity contribution in [3.05, 3.63) is 22.8 Å². The summed E-state index contributed by atoms with van der Waals surface area (Å²) in [6.45, 7) is 3.95. The Labute approximate surface area is 144 Å². The van der Waals surface area contributed by atoms with Crippen LogP contribution in [0.5, 0.6) is 5.75 Å². The standard InChI is InChI=1S/C16H19ClN4O3/c1-3-24-16(22)15-14(18-20-19-15)10-8-13(23-2)12(9-11(10)17)21-6-4-5-7-21/h8-9H,3-7H2,1-2H3,(H,18,19,20). The maximum atomic E-state index is 12.0. The van der Waals surface area contributed by atoms with Crippen LogP contribution >= 0.6 is 11.6 Å². The van der Waals surface area contributed by atoms with Gasteiger partial charge < -0.3 is 14.4 Å². The molecule has 128 valence electrons. The minimum absolute atomic E-state index is 0.106. The first-order valence-electron chi connectivity index (χ1n) is 7.86. The Morgan fingerprint density at radius 2 is 2.08 bits per heavy atom. The Balaban J connectivity index is 2.03. The van der Waals surface area contributed by atoms with E-state index in [0.717, 1.165) is 31.6 Å². The van der Waals surface area contributed by atoms with Gasteiger partial charge in [0.05, 0.1) is 24.4 Å². The molecule has 0 aliphatic carbocycles. The first-order valence-corrected chi connectivity index (χ1v) is 8.24. The molecule has 0 saturated carbocycles. The monoisotopic (exact) mass is 350 g/mol. The number of anilines is 1. The van der Waals surface area contributed by atoms with Crippen molar-refractivity contribution < 1.29 is 14.3 Å². The minimum Gasteiger partial charge on any atom is -0.495 e. The Hall–Kier alpha value is -2.28. The number of aromatic amines is 1. The predicted octanol–water partition coefficient (Wildman–Crippen LogP) is 2.91. The maximum absolute atomic E-state index is 12.0. The molecule has 1 aliphatic heterocycles. The van der Waals surface area contributed by atoms with Crippen LogP contribution in [0.3, 0.4) is 0 Å². The molecule has 1 fully saturated rings. The van der Waals surface area contributed by atoms with Gasteiger partial charge in [0, 0.05) is 18.7 Å². The van der Waals surface area contributed by atoms with E-state index in [-0.39, 0.29) is 12.3 Å². The topological polar surface area (TPSA) is 80.3 Å². The highest BCUT2D eigenvalue weighted by molar-refractivity contribution is 6.33. The summed E-state index contributed by atoms with van der Waals surface area (Å²) in [5.74, 6) is 0.147. The van der Waals surface area contributed by atoms with E-state index in [1.54, 1.807) is 20.1 Å². The van der Waals surface area contributed by atoms with E-state index >= 15 is 0 Å². The summed E-state index contributed by atoms with van der Waals surface area (Å²) in [5, 5.41) is 10.9. The third kappa shape index (κ3) is 3.03. The van der Waals surface area contributed by atoms with Gasteiger partial charge in [-0.2, -0.15) is 10.3 Å². The molecule has 0 unspecified atom stereocenters. The maximum Gasteiger partial charge on any atom is 0.361 e. The molecule has 7 nitrogen and oxygen atoms in total. The van der Waals surface area contributed by atoms with E-state index in [0.29, 0.717) is 22.0 Å². The van der Waals surface area contributed by atoms with Crippen LogP contribution in [-0.2, 0) is 4.74 Å². The van der Waals surface area contributed by atoms with Crippen molar-refractivity contribution in [2.45, 2.75) is 19.8 Å². The van der Waals surface area contributed by atoms with Gasteiger partial charge in [0.1, 0.15) is 11.4 Å². The Morgan fingerprint density at radius 1 is 1.33 bits per heavy atom. The number of esters is 1. The van der Waals surface area contributed by atoms with Gasteiger partial charge in [-0.15, -0.1) is 5.10 Å². The van der Waals surface area contributed by atoms with Gasteiger partial charge in [0.15, 0.2) is 5.69 Å². The largest absolute Gasteiger partial charge is 0.495 e. The van der Waals surface area contributed by atoms with Gasteiger partial charge >= 0.3 is 5.97 Å².